The highest BCUT2D eigenvalue weighted by Gasteiger charge is 2.12. The number of ether oxygens (including phenoxy) is 1. The molecule has 1 N–H and O–H groups in total. The molecule has 0 aliphatic rings. The standard InChI is InChI=1S/C24H24N2O3/c1-17-13-14-20(16-22(17)26-23(27)19-9-4-3-5-10-19)24(28)29-15-7-12-21-11-6-8-18(2)25-21/h3-6,8-11,13-14,16H,7,12,15H2,1-2H3,(H,26,27). The summed E-state index contributed by atoms with van der Waals surface area (Å²) in [5.74, 6) is -0.623. The molecular weight excluding hydrogens is 364 g/mol. The van der Waals surface area contributed by atoms with Crippen molar-refractivity contribution < 1.29 is 14.3 Å². The third-order valence-corrected chi connectivity index (χ3v) is 4.51. The number of carbonyl (C=O) groups is 2. The van der Waals surface area contributed by atoms with E-state index >= 15 is 0 Å². The number of benzene rings is 2. The van der Waals surface area contributed by atoms with Crippen molar-refractivity contribution in [3.05, 3.63) is 94.8 Å². The first-order chi connectivity index (χ1) is 14.0. The van der Waals surface area contributed by atoms with Crippen molar-refractivity contribution in [2.75, 3.05) is 11.9 Å². The predicted octanol–water partition coefficient (Wildman–Crippen LogP) is 4.74. The lowest BCUT2D eigenvalue weighted by molar-refractivity contribution is 0.0500. The third kappa shape index (κ3) is 5.75. The Morgan fingerprint density at radius 2 is 1.72 bits per heavy atom. The predicted molar refractivity (Wildman–Crippen MR) is 113 cm³/mol. The van der Waals surface area contributed by atoms with Gasteiger partial charge in [-0.05, 0) is 68.7 Å². The first-order valence-corrected chi connectivity index (χ1v) is 9.59. The first-order valence-electron chi connectivity index (χ1n) is 9.59. The summed E-state index contributed by atoms with van der Waals surface area (Å²) in [7, 11) is 0. The Hall–Kier alpha value is -3.47. The molecule has 2 aromatic carbocycles. The average Bonchev–Trinajstić information content (AvgIpc) is 2.73. The highest BCUT2D eigenvalue weighted by Crippen LogP contribution is 2.19. The molecule has 148 valence electrons. The molecule has 0 fully saturated rings. The lowest BCUT2D eigenvalue weighted by Crippen LogP contribution is -2.14. The SMILES string of the molecule is Cc1cccc(CCCOC(=O)c2ccc(C)c(NC(=O)c3ccccc3)c2)n1. The van der Waals surface area contributed by atoms with E-state index in [0.29, 0.717) is 29.8 Å². The molecule has 0 aliphatic heterocycles. The normalized spacial score (nSPS) is 10.4. The summed E-state index contributed by atoms with van der Waals surface area (Å²) >= 11 is 0. The summed E-state index contributed by atoms with van der Waals surface area (Å²) in [6.07, 6.45) is 1.45. The lowest BCUT2D eigenvalue weighted by Gasteiger charge is -2.11. The van der Waals surface area contributed by atoms with Crippen molar-refractivity contribution >= 4 is 17.6 Å². The number of esters is 1. The Morgan fingerprint density at radius 1 is 0.931 bits per heavy atom. The number of amides is 1. The maximum absolute atomic E-state index is 12.4. The van der Waals surface area contributed by atoms with Gasteiger partial charge in [0.15, 0.2) is 0 Å². The Balaban J connectivity index is 1.56. The van der Waals surface area contributed by atoms with Crippen molar-refractivity contribution in [3.8, 4) is 0 Å². The molecule has 0 saturated carbocycles. The van der Waals surface area contributed by atoms with Crippen molar-refractivity contribution in [2.24, 2.45) is 0 Å². The van der Waals surface area contributed by atoms with Crippen LogP contribution < -0.4 is 5.32 Å². The van der Waals surface area contributed by atoms with Crippen LogP contribution in [0.3, 0.4) is 0 Å². The van der Waals surface area contributed by atoms with Crippen LogP contribution in [0.4, 0.5) is 5.69 Å². The van der Waals surface area contributed by atoms with E-state index in [0.717, 1.165) is 23.4 Å². The minimum Gasteiger partial charge on any atom is -0.462 e. The number of nitrogens with one attached hydrogen (secondary N) is 1. The van der Waals surface area contributed by atoms with Gasteiger partial charge in [0.25, 0.3) is 5.91 Å². The van der Waals surface area contributed by atoms with Crippen LogP contribution in [-0.4, -0.2) is 23.5 Å². The number of pyridine rings is 1. The Kier molecular flexibility index (Phi) is 6.74. The van der Waals surface area contributed by atoms with E-state index in [1.165, 1.54) is 0 Å². The summed E-state index contributed by atoms with van der Waals surface area (Å²) in [6, 6.07) is 20.0. The Morgan fingerprint density at radius 3 is 2.48 bits per heavy atom. The molecule has 1 heterocycles. The van der Waals surface area contributed by atoms with E-state index in [1.807, 2.05) is 50.2 Å². The minimum absolute atomic E-state index is 0.218. The van der Waals surface area contributed by atoms with E-state index in [1.54, 1.807) is 30.3 Å². The van der Waals surface area contributed by atoms with Crippen LogP contribution in [0.25, 0.3) is 0 Å². The van der Waals surface area contributed by atoms with Gasteiger partial charge in [0, 0.05) is 22.6 Å². The van der Waals surface area contributed by atoms with Crippen LogP contribution in [-0.2, 0) is 11.2 Å². The summed E-state index contributed by atoms with van der Waals surface area (Å²) in [5, 5.41) is 2.86. The number of hydrogen-bond donors (Lipinski definition) is 1. The summed E-state index contributed by atoms with van der Waals surface area (Å²) in [5.41, 5.74) is 4.40. The Labute approximate surface area is 170 Å². The topological polar surface area (TPSA) is 68.3 Å². The molecule has 1 amide bonds. The van der Waals surface area contributed by atoms with Crippen LogP contribution in [0.15, 0.2) is 66.7 Å². The molecule has 0 unspecified atom stereocenters. The molecule has 5 heteroatoms. The summed E-state index contributed by atoms with van der Waals surface area (Å²) in [4.78, 5) is 29.2. The largest absolute Gasteiger partial charge is 0.462 e. The molecule has 0 saturated heterocycles. The van der Waals surface area contributed by atoms with E-state index in [2.05, 4.69) is 10.3 Å². The number of rotatable bonds is 7. The van der Waals surface area contributed by atoms with Crippen molar-refractivity contribution in [2.45, 2.75) is 26.7 Å². The second-order valence-electron chi connectivity index (χ2n) is 6.86. The van der Waals surface area contributed by atoms with Crippen LogP contribution in [0, 0.1) is 13.8 Å². The molecule has 0 radical (unpaired) electrons. The monoisotopic (exact) mass is 388 g/mol. The zero-order valence-electron chi connectivity index (χ0n) is 16.6. The average molecular weight is 388 g/mol. The summed E-state index contributed by atoms with van der Waals surface area (Å²) < 4.78 is 5.39. The maximum atomic E-state index is 12.4. The quantitative estimate of drug-likeness (QED) is 0.469. The number of aromatic nitrogens is 1. The van der Waals surface area contributed by atoms with E-state index in [-0.39, 0.29) is 5.91 Å². The highest BCUT2D eigenvalue weighted by atomic mass is 16.5. The fraction of sp³-hybridized carbons (Fsp3) is 0.208. The second kappa shape index (κ2) is 9.64. The van der Waals surface area contributed by atoms with Gasteiger partial charge in [-0.25, -0.2) is 4.79 Å². The molecule has 1 aromatic heterocycles. The van der Waals surface area contributed by atoms with Gasteiger partial charge in [0.05, 0.1) is 12.2 Å². The van der Waals surface area contributed by atoms with Gasteiger partial charge >= 0.3 is 5.97 Å². The zero-order chi connectivity index (χ0) is 20.6. The number of hydrogen-bond acceptors (Lipinski definition) is 4. The summed E-state index contributed by atoms with van der Waals surface area (Å²) in [6.45, 7) is 4.15. The van der Waals surface area contributed by atoms with Crippen molar-refractivity contribution in [1.82, 2.24) is 4.98 Å². The molecule has 3 aromatic rings. The van der Waals surface area contributed by atoms with Crippen molar-refractivity contribution in [1.29, 1.82) is 0 Å². The molecular formula is C24H24N2O3. The van der Waals surface area contributed by atoms with Gasteiger partial charge in [-0.1, -0.05) is 30.3 Å². The van der Waals surface area contributed by atoms with Crippen LogP contribution in [0.1, 0.15) is 44.1 Å². The minimum atomic E-state index is -0.405. The van der Waals surface area contributed by atoms with E-state index in [9.17, 15) is 9.59 Å². The molecule has 29 heavy (non-hydrogen) atoms. The fourth-order valence-corrected chi connectivity index (χ4v) is 2.91. The number of carbonyl (C=O) groups excluding carboxylic acids is 2. The zero-order valence-corrected chi connectivity index (χ0v) is 16.6. The van der Waals surface area contributed by atoms with Gasteiger partial charge < -0.3 is 10.1 Å². The molecule has 0 atom stereocenters. The van der Waals surface area contributed by atoms with Gasteiger partial charge in [0.2, 0.25) is 0 Å². The van der Waals surface area contributed by atoms with Gasteiger partial charge in [-0.2, -0.15) is 0 Å². The van der Waals surface area contributed by atoms with Crippen molar-refractivity contribution in [3.63, 3.8) is 0 Å². The fourth-order valence-electron chi connectivity index (χ4n) is 2.91. The molecule has 5 nitrogen and oxygen atoms in total. The third-order valence-electron chi connectivity index (χ3n) is 4.51. The first kappa shape index (κ1) is 20.3. The van der Waals surface area contributed by atoms with Gasteiger partial charge in [-0.3, -0.25) is 9.78 Å². The second-order valence-corrected chi connectivity index (χ2v) is 6.86. The highest BCUT2D eigenvalue weighted by molar-refractivity contribution is 6.05. The lowest BCUT2D eigenvalue weighted by atomic mass is 10.1. The van der Waals surface area contributed by atoms with E-state index in [4.69, 9.17) is 4.74 Å². The number of aryl methyl sites for hydroxylation is 3. The molecule has 3 rings (SSSR count). The van der Waals surface area contributed by atoms with Crippen LogP contribution in [0.5, 0.6) is 0 Å². The molecule has 0 aliphatic carbocycles. The Bertz CT molecular complexity index is 1000. The van der Waals surface area contributed by atoms with Crippen LogP contribution >= 0.6 is 0 Å². The number of anilines is 1. The van der Waals surface area contributed by atoms with Gasteiger partial charge in [0.1, 0.15) is 0 Å². The van der Waals surface area contributed by atoms with Gasteiger partial charge in [-0.15, -0.1) is 0 Å². The molecule has 0 spiro atoms. The van der Waals surface area contributed by atoms with E-state index < -0.39 is 5.97 Å². The van der Waals surface area contributed by atoms with Crippen LogP contribution in [0.2, 0.25) is 0 Å². The smallest absolute Gasteiger partial charge is 0.338 e. The number of nitrogens with zero attached hydrogens (tertiary/aromatic N) is 1. The maximum Gasteiger partial charge on any atom is 0.338 e. The molecule has 0 bridgehead atoms.